The highest BCUT2D eigenvalue weighted by molar-refractivity contribution is 7.13. The first-order valence-electron chi connectivity index (χ1n) is 2.98. The highest BCUT2D eigenvalue weighted by atomic mass is 35.5. The van der Waals surface area contributed by atoms with Gasteiger partial charge >= 0.3 is 0 Å². The van der Waals surface area contributed by atoms with Crippen molar-refractivity contribution < 1.29 is 4.39 Å². The van der Waals surface area contributed by atoms with Crippen molar-refractivity contribution in [3.63, 3.8) is 0 Å². The Balaban J connectivity index is 2.94. The summed E-state index contributed by atoms with van der Waals surface area (Å²) in [5.41, 5.74) is 0. The van der Waals surface area contributed by atoms with Gasteiger partial charge in [-0.1, -0.05) is 23.7 Å². The van der Waals surface area contributed by atoms with E-state index < -0.39 is 0 Å². The molecule has 0 saturated heterocycles. The summed E-state index contributed by atoms with van der Waals surface area (Å²) in [4.78, 5) is 0. The minimum Gasteiger partial charge on any atom is -0.205 e. The number of aromatic nitrogens is 1. The molecule has 11 heavy (non-hydrogen) atoms. The molecule has 0 unspecified atom stereocenters. The molecular formula is C7H3ClFNS. The van der Waals surface area contributed by atoms with Gasteiger partial charge in [-0.15, -0.1) is 0 Å². The average molecular weight is 188 g/mol. The van der Waals surface area contributed by atoms with Crippen LogP contribution in [0.1, 0.15) is 0 Å². The van der Waals surface area contributed by atoms with Gasteiger partial charge < -0.3 is 0 Å². The van der Waals surface area contributed by atoms with E-state index in [4.69, 9.17) is 11.6 Å². The molecule has 0 aliphatic rings. The fraction of sp³-hybridized carbons (Fsp3) is 0. The maximum absolute atomic E-state index is 12.9. The summed E-state index contributed by atoms with van der Waals surface area (Å²) in [5, 5.41) is 1.07. The minimum atomic E-state index is -0.257. The first kappa shape index (κ1) is 7.00. The Hall–Kier alpha value is -0.670. The van der Waals surface area contributed by atoms with Crippen LogP contribution < -0.4 is 0 Å². The summed E-state index contributed by atoms with van der Waals surface area (Å²) in [6.07, 6.45) is 0. The van der Waals surface area contributed by atoms with E-state index in [1.165, 1.54) is 6.07 Å². The number of fused-ring (bicyclic) bond motifs is 1. The molecule has 1 heterocycles. The molecule has 1 aromatic heterocycles. The predicted octanol–water partition coefficient (Wildman–Crippen LogP) is 3.09. The predicted molar refractivity (Wildman–Crippen MR) is 44.6 cm³/mol. The van der Waals surface area contributed by atoms with Crippen LogP contribution in [0.5, 0.6) is 0 Å². The van der Waals surface area contributed by atoms with E-state index in [-0.39, 0.29) is 5.82 Å². The zero-order valence-electron chi connectivity index (χ0n) is 5.34. The molecule has 2 rings (SSSR count). The Morgan fingerprint density at radius 3 is 3.00 bits per heavy atom. The average Bonchev–Trinajstić information content (AvgIpc) is 2.35. The highest BCUT2D eigenvalue weighted by Crippen LogP contribution is 2.27. The molecule has 0 fully saturated rings. The van der Waals surface area contributed by atoms with Gasteiger partial charge in [0.25, 0.3) is 0 Å². The van der Waals surface area contributed by atoms with Gasteiger partial charge in [0, 0.05) is 5.39 Å². The van der Waals surface area contributed by atoms with Gasteiger partial charge in [0.1, 0.15) is 5.82 Å². The molecule has 0 spiro atoms. The van der Waals surface area contributed by atoms with E-state index in [0.717, 1.165) is 11.5 Å². The molecule has 1 nitrogen and oxygen atoms in total. The standard InChI is InChI=1S/C7H3ClFNS/c8-7-4-2-1-3-5(9)6(4)11-10-7/h1-3H. The Labute approximate surface area is 71.6 Å². The van der Waals surface area contributed by atoms with Crippen molar-refractivity contribution in [2.75, 3.05) is 0 Å². The molecule has 0 radical (unpaired) electrons. The zero-order chi connectivity index (χ0) is 7.84. The van der Waals surface area contributed by atoms with Gasteiger partial charge in [-0.2, -0.15) is 4.37 Å². The summed E-state index contributed by atoms with van der Waals surface area (Å²) in [6.45, 7) is 0. The van der Waals surface area contributed by atoms with Crippen LogP contribution in [-0.4, -0.2) is 4.37 Å². The van der Waals surface area contributed by atoms with E-state index in [0.29, 0.717) is 15.2 Å². The second-order valence-electron chi connectivity index (χ2n) is 2.09. The van der Waals surface area contributed by atoms with E-state index in [2.05, 4.69) is 4.37 Å². The third-order valence-electron chi connectivity index (χ3n) is 1.41. The van der Waals surface area contributed by atoms with Crippen LogP contribution in [0.25, 0.3) is 10.1 Å². The van der Waals surface area contributed by atoms with Gasteiger partial charge in [0.2, 0.25) is 0 Å². The maximum atomic E-state index is 12.9. The van der Waals surface area contributed by atoms with Crippen molar-refractivity contribution in [1.82, 2.24) is 4.37 Å². The number of benzene rings is 1. The molecule has 56 valence electrons. The molecule has 0 amide bonds. The Morgan fingerprint density at radius 2 is 2.27 bits per heavy atom. The Bertz CT molecular complexity index is 398. The smallest absolute Gasteiger partial charge is 0.150 e. The molecule has 0 bridgehead atoms. The number of hydrogen-bond donors (Lipinski definition) is 0. The Kier molecular flexibility index (Phi) is 1.55. The summed E-state index contributed by atoms with van der Waals surface area (Å²) >= 11 is 6.76. The van der Waals surface area contributed by atoms with Gasteiger partial charge in [0.05, 0.1) is 4.70 Å². The monoisotopic (exact) mass is 187 g/mol. The SMILES string of the molecule is Fc1cccc2c(Cl)nsc12. The van der Waals surface area contributed by atoms with Gasteiger partial charge in [-0.05, 0) is 17.6 Å². The fourth-order valence-electron chi connectivity index (χ4n) is 0.899. The first-order valence-corrected chi connectivity index (χ1v) is 4.13. The number of rotatable bonds is 0. The molecule has 0 aliphatic heterocycles. The van der Waals surface area contributed by atoms with Gasteiger partial charge in [0.15, 0.2) is 5.15 Å². The van der Waals surface area contributed by atoms with E-state index in [1.54, 1.807) is 12.1 Å². The second-order valence-corrected chi connectivity index (χ2v) is 3.22. The maximum Gasteiger partial charge on any atom is 0.150 e. The van der Waals surface area contributed by atoms with Crippen LogP contribution in [0, 0.1) is 5.82 Å². The summed E-state index contributed by atoms with van der Waals surface area (Å²) in [6, 6.07) is 4.78. The topological polar surface area (TPSA) is 12.9 Å². The molecule has 2 aromatic rings. The fourth-order valence-corrected chi connectivity index (χ4v) is 1.90. The van der Waals surface area contributed by atoms with Crippen LogP contribution in [0.2, 0.25) is 5.15 Å². The second kappa shape index (κ2) is 2.43. The van der Waals surface area contributed by atoms with Crippen LogP contribution in [-0.2, 0) is 0 Å². The normalized spacial score (nSPS) is 10.7. The molecule has 0 atom stereocenters. The zero-order valence-corrected chi connectivity index (χ0v) is 6.92. The van der Waals surface area contributed by atoms with Crippen molar-refractivity contribution >= 4 is 33.2 Å². The van der Waals surface area contributed by atoms with E-state index in [1.807, 2.05) is 0 Å². The van der Waals surface area contributed by atoms with E-state index in [9.17, 15) is 4.39 Å². The highest BCUT2D eigenvalue weighted by Gasteiger charge is 2.06. The van der Waals surface area contributed by atoms with Crippen molar-refractivity contribution in [2.24, 2.45) is 0 Å². The lowest BCUT2D eigenvalue weighted by Crippen LogP contribution is -1.70. The van der Waals surface area contributed by atoms with Crippen LogP contribution in [0.4, 0.5) is 4.39 Å². The van der Waals surface area contributed by atoms with Crippen LogP contribution >= 0.6 is 23.1 Å². The molecule has 1 aromatic carbocycles. The molecule has 0 aliphatic carbocycles. The van der Waals surface area contributed by atoms with Crippen LogP contribution in [0.15, 0.2) is 18.2 Å². The minimum absolute atomic E-state index is 0.257. The molecule has 4 heteroatoms. The Morgan fingerprint density at radius 1 is 1.45 bits per heavy atom. The summed E-state index contributed by atoms with van der Waals surface area (Å²) in [7, 11) is 0. The number of hydrogen-bond acceptors (Lipinski definition) is 2. The summed E-state index contributed by atoms with van der Waals surface area (Å²) in [5.74, 6) is -0.257. The number of nitrogens with zero attached hydrogens (tertiary/aromatic N) is 1. The third kappa shape index (κ3) is 1.01. The largest absolute Gasteiger partial charge is 0.205 e. The van der Waals surface area contributed by atoms with Crippen molar-refractivity contribution in [3.05, 3.63) is 29.2 Å². The third-order valence-corrected chi connectivity index (χ3v) is 2.67. The summed E-state index contributed by atoms with van der Waals surface area (Å²) < 4.78 is 17.3. The molecular weight excluding hydrogens is 185 g/mol. The first-order chi connectivity index (χ1) is 5.29. The van der Waals surface area contributed by atoms with Crippen molar-refractivity contribution in [3.8, 4) is 0 Å². The van der Waals surface area contributed by atoms with Crippen molar-refractivity contribution in [1.29, 1.82) is 0 Å². The molecule has 0 saturated carbocycles. The quantitative estimate of drug-likeness (QED) is 0.618. The van der Waals surface area contributed by atoms with Crippen molar-refractivity contribution in [2.45, 2.75) is 0 Å². The van der Waals surface area contributed by atoms with E-state index >= 15 is 0 Å². The lowest BCUT2D eigenvalue weighted by Gasteiger charge is -1.87. The number of halogens is 2. The molecule has 0 N–H and O–H groups in total. The van der Waals surface area contributed by atoms with Crippen LogP contribution in [0.3, 0.4) is 0 Å². The van der Waals surface area contributed by atoms with Gasteiger partial charge in [-0.25, -0.2) is 4.39 Å². The van der Waals surface area contributed by atoms with Gasteiger partial charge in [-0.3, -0.25) is 0 Å². The lowest BCUT2D eigenvalue weighted by atomic mass is 10.3. The lowest BCUT2D eigenvalue weighted by molar-refractivity contribution is 0.642.